The largest absolute Gasteiger partial charge is 0.353 e. The van der Waals surface area contributed by atoms with E-state index in [1.807, 2.05) is 64.1 Å². The first-order chi connectivity index (χ1) is 12.9. The van der Waals surface area contributed by atoms with Crippen molar-refractivity contribution in [2.75, 3.05) is 5.75 Å². The lowest BCUT2D eigenvalue weighted by atomic mass is 10.1. The smallest absolute Gasteiger partial charge is 0.266 e. The van der Waals surface area contributed by atoms with Gasteiger partial charge in [0.25, 0.3) is 5.56 Å². The van der Waals surface area contributed by atoms with Crippen molar-refractivity contribution < 1.29 is 4.79 Å². The zero-order valence-corrected chi connectivity index (χ0v) is 16.8. The normalized spacial score (nSPS) is 11.1. The van der Waals surface area contributed by atoms with E-state index >= 15 is 0 Å². The van der Waals surface area contributed by atoms with Gasteiger partial charge < -0.3 is 5.32 Å². The van der Waals surface area contributed by atoms with Crippen LogP contribution in [0.1, 0.15) is 25.0 Å². The highest BCUT2D eigenvalue weighted by Gasteiger charge is 2.15. The maximum atomic E-state index is 13.2. The topological polar surface area (TPSA) is 64.0 Å². The van der Waals surface area contributed by atoms with Crippen LogP contribution in [-0.2, 0) is 4.79 Å². The molecule has 1 amide bonds. The van der Waals surface area contributed by atoms with Gasteiger partial charge in [-0.2, -0.15) is 0 Å². The predicted molar refractivity (Wildman–Crippen MR) is 111 cm³/mol. The van der Waals surface area contributed by atoms with Gasteiger partial charge in [0.2, 0.25) is 5.91 Å². The summed E-state index contributed by atoms with van der Waals surface area (Å²) in [5, 5.41) is 3.94. The van der Waals surface area contributed by atoms with Crippen molar-refractivity contribution in [3.63, 3.8) is 0 Å². The van der Waals surface area contributed by atoms with Crippen LogP contribution in [0.15, 0.2) is 52.4 Å². The average molecular weight is 382 g/mol. The van der Waals surface area contributed by atoms with Crippen LogP contribution in [0.3, 0.4) is 0 Å². The molecule has 1 aromatic heterocycles. The van der Waals surface area contributed by atoms with Crippen LogP contribution in [0.25, 0.3) is 16.6 Å². The number of fused-ring (bicyclic) bond motifs is 1. The number of para-hydroxylation sites is 1. The second-order valence-electron chi connectivity index (χ2n) is 6.83. The molecule has 1 heterocycles. The van der Waals surface area contributed by atoms with Crippen molar-refractivity contribution in [2.45, 2.75) is 38.9 Å². The van der Waals surface area contributed by atoms with Gasteiger partial charge >= 0.3 is 0 Å². The van der Waals surface area contributed by atoms with E-state index in [9.17, 15) is 9.59 Å². The fourth-order valence-electron chi connectivity index (χ4n) is 2.80. The first-order valence-corrected chi connectivity index (χ1v) is 9.87. The first-order valence-electron chi connectivity index (χ1n) is 8.88. The van der Waals surface area contributed by atoms with Crippen LogP contribution in [0, 0.1) is 13.8 Å². The number of amides is 1. The summed E-state index contributed by atoms with van der Waals surface area (Å²) < 4.78 is 1.60. The van der Waals surface area contributed by atoms with Crippen molar-refractivity contribution in [2.24, 2.45) is 0 Å². The molecule has 0 atom stereocenters. The molecule has 0 bridgehead atoms. The number of carbonyl (C=O) groups is 1. The molecule has 0 aliphatic heterocycles. The summed E-state index contributed by atoms with van der Waals surface area (Å²) in [6, 6.07) is 13.2. The number of nitrogens with one attached hydrogen (secondary N) is 1. The van der Waals surface area contributed by atoms with Gasteiger partial charge in [-0.1, -0.05) is 30.0 Å². The lowest BCUT2D eigenvalue weighted by Crippen LogP contribution is -2.32. The third-order valence-electron chi connectivity index (χ3n) is 4.28. The summed E-state index contributed by atoms with van der Waals surface area (Å²) in [5.74, 6) is 0.123. The van der Waals surface area contributed by atoms with E-state index < -0.39 is 0 Å². The maximum absolute atomic E-state index is 13.2. The van der Waals surface area contributed by atoms with Gasteiger partial charge in [-0.05, 0) is 63.1 Å². The summed E-state index contributed by atoms with van der Waals surface area (Å²) in [5.41, 5.74) is 3.52. The number of hydrogen-bond acceptors (Lipinski definition) is 4. The number of nitrogens with zero attached hydrogens (tertiary/aromatic N) is 2. The molecule has 0 spiro atoms. The number of benzene rings is 2. The molecule has 0 saturated heterocycles. The molecule has 0 saturated carbocycles. The third-order valence-corrected chi connectivity index (χ3v) is 5.21. The average Bonchev–Trinajstić information content (AvgIpc) is 2.62. The number of aryl methyl sites for hydroxylation is 2. The molecule has 0 fully saturated rings. The minimum absolute atomic E-state index is 0.0737. The molecular weight excluding hydrogens is 358 g/mol. The summed E-state index contributed by atoms with van der Waals surface area (Å²) in [7, 11) is 0. The zero-order valence-electron chi connectivity index (χ0n) is 15.9. The van der Waals surface area contributed by atoms with E-state index in [1.165, 1.54) is 11.8 Å². The Hall–Kier alpha value is -2.60. The van der Waals surface area contributed by atoms with Crippen molar-refractivity contribution in [1.29, 1.82) is 0 Å². The molecule has 0 unspecified atom stereocenters. The Labute approximate surface area is 162 Å². The van der Waals surface area contributed by atoms with Crippen molar-refractivity contribution in [3.05, 3.63) is 63.9 Å². The molecule has 0 aliphatic rings. The lowest BCUT2D eigenvalue weighted by Gasteiger charge is -2.15. The van der Waals surface area contributed by atoms with Crippen molar-refractivity contribution in [1.82, 2.24) is 14.9 Å². The quantitative estimate of drug-likeness (QED) is 0.542. The highest BCUT2D eigenvalue weighted by atomic mass is 32.2. The molecule has 6 heteroatoms. The Morgan fingerprint density at radius 2 is 1.89 bits per heavy atom. The Balaban J connectivity index is 2.11. The Kier molecular flexibility index (Phi) is 5.65. The summed E-state index contributed by atoms with van der Waals surface area (Å²) in [6.45, 7) is 7.89. The number of carbonyl (C=O) groups excluding carboxylic acids is 1. The number of hydrogen-bond donors (Lipinski definition) is 1. The van der Waals surface area contributed by atoms with Gasteiger partial charge in [-0.3, -0.25) is 14.2 Å². The lowest BCUT2D eigenvalue weighted by molar-refractivity contribution is -0.119. The highest BCUT2D eigenvalue weighted by molar-refractivity contribution is 7.99. The Morgan fingerprint density at radius 3 is 2.59 bits per heavy atom. The molecule has 2 aromatic carbocycles. The molecule has 0 radical (unpaired) electrons. The number of aromatic nitrogens is 2. The van der Waals surface area contributed by atoms with Crippen LogP contribution in [0.2, 0.25) is 0 Å². The molecule has 3 aromatic rings. The van der Waals surface area contributed by atoms with Crippen molar-refractivity contribution >= 4 is 28.6 Å². The van der Waals surface area contributed by atoms with Gasteiger partial charge in [0.15, 0.2) is 5.16 Å². The Bertz CT molecular complexity index is 1060. The standard InChI is InChI=1S/C21H23N3O2S/c1-13(2)22-19(25)12-27-21-23-18-8-6-5-7-17(18)20(26)24(21)16-10-9-14(3)15(4)11-16/h5-11,13H,12H2,1-4H3,(H,22,25). The van der Waals surface area contributed by atoms with Crippen LogP contribution < -0.4 is 10.9 Å². The molecule has 5 nitrogen and oxygen atoms in total. The van der Waals surface area contributed by atoms with Crippen LogP contribution >= 0.6 is 11.8 Å². The fourth-order valence-corrected chi connectivity index (χ4v) is 3.62. The van der Waals surface area contributed by atoms with Gasteiger partial charge in [0.05, 0.1) is 22.3 Å². The predicted octanol–water partition coefficient (Wildman–Crippen LogP) is 3.62. The number of thioether (sulfide) groups is 1. The summed E-state index contributed by atoms with van der Waals surface area (Å²) in [6.07, 6.45) is 0. The van der Waals surface area contributed by atoms with Gasteiger partial charge in [-0.25, -0.2) is 4.98 Å². The second kappa shape index (κ2) is 7.96. The minimum atomic E-state index is -0.129. The third kappa shape index (κ3) is 4.22. The van der Waals surface area contributed by atoms with Crippen LogP contribution in [0.4, 0.5) is 0 Å². The molecule has 27 heavy (non-hydrogen) atoms. The summed E-state index contributed by atoms with van der Waals surface area (Å²) >= 11 is 1.27. The fraction of sp³-hybridized carbons (Fsp3) is 0.286. The molecule has 1 N–H and O–H groups in total. The van der Waals surface area contributed by atoms with Crippen LogP contribution in [-0.4, -0.2) is 27.3 Å². The van der Waals surface area contributed by atoms with E-state index in [-0.39, 0.29) is 23.3 Å². The summed E-state index contributed by atoms with van der Waals surface area (Å²) in [4.78, 5) is 29.9. The van der Waals surface area contributed by atoms with Gasteiger partial charge in [0, 0.05) is 6.04 Å². The Morgan fingerprint density at radius 1 is 1.15 bits per heavy atom. The van der Waals surface area contributed by atoms with Crippen molar-refractivity contribution in [3.8, 4) is 5.69 Å². The SMILES string of the molecule is Cc1ccc(-n2c(SCC(=O)NC(C)C)nc3ccccc3c2=O)cc1C. The highest BCUT2D eigenvalue weighted by Crippen LogP contribution is 2.22. The van der Waals surface area contributed by atoms with E-state index in [0.29, 0.717) is 16.1 Å². The zero-order chi connectivity index (χ0) is 19.6. The van der Waals surface area contributed by atoms with E-state index in [2.05, 4.69) is 10.3 Å². The molecule has 3 rings (SSSR count). The van der Waals surface area contributed by atoms with Crippen LogP contribution in [0.5, 0.6) is 0 Å². The second-order valence-corrected chi connectivity index (χ2v) is 7.77. The van der Waals surface area contributed by atoms with Gasteiger partial charge in [-0.15, -0.1) is 0 Å². The monoisotopic (exact) mass is 381 g/mol. The van der Waals surface area contributed by atoms with E-state index in [0.717, 1.165) is 16.8 Å². The van der Waals surface area contributed by atoms with Gasteiger partial charge in [0.1, 0.15) is 0 Å². The molecule has 140 valence electrons. The number of rotatable bonds is 5. The first kappa shape index (κ1) is 19.2. The molecule has 0 aliphatic carbocycles. The molecular formula is C21H23N3O2S. The van der Waals surface area contributed by atoms with E-state index in [1.54, 1.807) is 10.6 Å². The van der Waals surface area contributed by atoms with E-state index in [4.69, 9.17) is 0 Å². The minimum Gasteiger partial charge on any atom is -0.353 e. The maximum Gasteiger partial charge on any atom is 0.266 e.